The van der Waals surface area contributed by atoms with Crippen LogP contribution in [0.4, 0.5) is 0 Å². The van der Waals surface area contributed by atoms with Crippen LogP contribution in [0.1, 0.15) is 27.9 Å². The zero-order chi connectivity index (χ0) is 14.8. The van der Waals surface area contributed by atoms with Crippen LogP contribution in [0.3, 0.4) is 0 Å². The second-order valence-electron chi connectivity index (χ2n) is 5.07. The van der Waals surface area contributed by atoms with E-state index in [2.05, 4.69) is 15.9 Å². The van der Waals surface area contributed by atoms with E-state index in [1.54, 1.807) is 7.11 Å². The van der Waals surface area contributed by atoms with E-state index in [0.717, 1.165) is 45.3 Å². The zero-order valence-corrected chi connectivity index (χ0v) is 13.3. The lowest BCUT2D eigenvalue weighted by Gasteiger charge is -2.18. The lowest BCUT2D eigenvalue weighted by Crippen LogP contribution is -2.14. The molecular formula is C18H15BrO2. The van der Waals surface area contributed by atoms with Crippen LogP contribution in [0.15, 0.2) is 52.5 Å². The highest BCUT2D eigenvalue weighted by atomic mass is 79.9. The van der Waals surface area contributed by atoms with Crippen LogP contribution in [-0.2, 0) is 6.42 Å². The van der Waals surface area contributed by atoms with Gasteiger partial charge in [0.2, 0.25) is 0 Å². The summed E-state index contributed by atoms with van der Waals surface area (Å²) in [6, 6.07) is 13.7. The van der Waals surface area contributed by atoms with Gasteiger partial charge in [0.1, 0.15) is 5.75 Å². The van der Waals surface area contributed by atoms with Crippen molar-refractivity contribution in [2.24, 2.45) is 0 Å². The number of methoxy groups -OCH3 is 1. The fourth-order valence-electron chi connectivity index (χ4n) is 2.57. The van der Waals surface area contributed by atoms with Crippen molar-refractivity contribution in [3.63, 3.8) is 0 Å². The van der Waals surface area contributed by atoms with Crippen LogP contribution in [0.2, 0.25) is 0 Å². The van der Waals surface area contributed by atoms with Gasteiger partial charge in [-0.1, -0.05) is 34.1 Å². The number of Topliss-reactive ketones (excluding diaryl/α,β-unsaturated/α-hetero) is 1. The average molecular weight is 343 g/mol. The van der Waals surface area contributed by atoms with Crippen molar-refractivity contribution in [2.75, 3.05) is 7.11 Å². The molecule has 0 N–H and O–H groups in total. The number of aryl methyl sites for hydroxylation is 1. The van der Waals surface area contributed by atoms with Crippen LogP contribution in [-0.4, -0.2) is 12.9 Å². The largest absolute Gasteiger partial charge is 0.497 e. The molecule has 3 heteroatoms. The predicted octanol–water partition coefficient (Wildman–Crippen LogP) is 4.67. The van der Waals surface area contributed by atoms with Crippen molar-refractivity contribution < 1.29 is 9.53 Å². The molecule has 106 valence electrons. The summed E-state index contributed by atoms with van der Waals surface area (Å²) in [4.78, 5) is 12.6. The molecule has 21 heavy (non-hydrogen) atoms. The third-order valence-corrected chi connectivity index (χ3v) is 4.26. The molecule has 0 bridgehead atoms. The van der Waals surface area contributed by atoms with Gasteiger partial charge >= 0.3 is 0 Å². The first-order valence-electron chi connectivity index (χ1n) is 6.85. The molecule has 2 aromatic carbocycles. The van der Waals surface area contributed by atoms with Gasteiger partial charge in [0.25, 0.3) is 0 Å². The standard InChI is InChI=1S/C18H15BrO2/c1-21-16-9-6-13-4-5-14(18(20)17(13)11-16)10-12-2-7-15(19)8-3-12/h2-3,6-11H,4-5H2,1H3/b14-10-. The molecule has 3 rings (SSSR count). The smallest absolute Gasteiger partial charge is 0.189 e. The van der Waals surface area contributed by atoms with E-state index < -0.39 is 0 Å². The quantitative estimate of drug-likeness (QED) is 0.741. The summed E-state index contributed by atoms with van der Waals surface area (Å²) in [5.74, 6) is 0.838. The Labute approximate surface area is 132 Å². The number of hydrogen-bond acceptors (Lipinski definition) is 2. The van der Waals surface area contributed by atoms with Crippen LogP contribution in [0.5, 0.6) is 5.75 Å². The van der Waals surface area contributed by atoms with E-state index >= 15 is 0 Å². The van der Waals surface area contributed by atoms with Gasteiger partial charge in [-0.25, -0.2) is 0 Å². The Bertz CT molecular complexity index is 714. The molecule has 1 aliphatic rings. The summed E-state index contributed by atoms with van der Waals surface area (Å²) in [5.41, 5.74) is 3.78. The van der Waals surface area contributed by atoms with E-state index in [9.17, 15) is 4.79 Å². The predicted molar refractivity (Wildman–Crippen MR) is 87.8 cm³/mol. The topological polar surface area (TPSA) is 26.3 Å². The van der Waals surface area contributed by atoms with E-state index in [4.69, 9.17) is 4.74 Å². The maximum atomic E-state index is 12.6. The van der Waals surface area contributed by atoms with Gasteiger partial charge in [-0.05, 0) is 54.3 Å². The molecule has 0 heterocycles. The number of rotatable bonds is 2. The molecular weight excluding hydrogens is 328 g/mol. The number of halogens is 1. The van der Waals surface area contributed by atoms with E-state index in [0.29, 0.717) is 0 Å². The second-order valence-corrected chi connectivity index (χ2v) is 5.99. The Balaban J connectivity index is 1.96. The Hall–Kier alpha value is -1.87. The Kier molecular flexibility index (Phi) is 3.93. The minimum absolute atomic E-state index is 0.109. The highest BCUT2D eigenvalue weighted by Crippen LogP contribution is 2.29. The summed E-state index contributed by atoms with van der Waals surface area (Å²) in [5, 5.41) is 0. The van der Waals surface area contributed by atoms with Crippen molar-refractivity contribution in [2.45, 2.75) is 12.8 Å². The molecule has 1 aliphatic carbocycles. The highest BCUT2D eigenvalue weighted by Gasteiger charge is 2.22. The van der Waals surface area contributed by atoms with E-state index in [1.165, 1.54) is 0 Å². The third-order valence-electron chi connectivity index (χ3n) is 3.73. The van der Waals surface area contributed by atoms with Gasteiger partial charge in [0, 0.05) is 15.6 Å². The van der Waals surface area contributed by atoms with Crippen LogP contribution in [0.25, 0.3) is 6.08 Å². The number of carbonyl (C=O) groups excluding carboxylic acids is 1. The van der Waals surface area contributed by atoms with Crippen molar-refractivity contribution in [3.8, 4) is 5.75 Å². The van der Waals surface area contributed by atoms with Gasteiger partial charge in [0.05, 0.1) is 7.11 Å². The summed E-state index contributed by atoms with van der Waals surface area (Å²) < 4.78 is 6.26. The fraction of sp³-hybridized carbons (Fsp3) is 0.167. The summed E-state index contributed by atoms with van der Waals surface area (Å²) >= 11 is 3.42. The maximum absolute atomic E-state index is 12.6. The minimum atomic E-state index is 0.109. The number of benzene rings is 2. The molecule has 0 saturated carbocycles. The van der Waals surface area contributed by atoms with Crippen molar-refractivity contribution in [3.05, 3.63) is 69.2 Å². The highest BCUT2D eigenvalue weighted by molar-refractivity contribution is 9.10. The average Bonchev–Trinajstić information content (AvgIpc) is 2.52. The molecule has 0 amide bonds. The number of allylic oxidation sites excluding steroid dienone is 1. The molecule has 2 aromatic rings. The van der Waals surface area contributed by atoms with Crippen LogP contribution >= 0.6 is 15.9 Å². The third kappa shape index (κ3) is 2.93. The lowest BCUT2D eigenvalue weighted by molar-refractivity contribution is 0.102. The second kappa shape index (κ2) is 5.86. The van der Waals surface area contributed by atoms with Gasteiger partial charge in [-0.2, -0.15) is 0 Å². The minimum Gasteiger partial charge on any atom is -0.497 e. The fourth-order valence-corrected chi connectivity index (χ4v) is 2.83. The maximum Gasteiger partial charge on any atom is 0.189 e. The normalized spacial score (nSPS) is 15.9. The first kappa shape index (κ1) is 14.1. The van der Waals surface area contributed by atoms with Gasteiger partial charge in [-0.15, -0.1) is 0 Å². The van der Waals surface area contributed by atoms with Gasteiger partial charge in [0.15, 0.2) is 5.78 Å². The van der Waals surface area contributed by atoms with Crippen molar-refractivity contribution >= 4 is 27.8 Å². The summed E-state index contributed by atoms with van der Waals surface area (Å²) in [6.07, 6.45) is 3.67. The first-order chi connectivity index (χ1) is 10.2. The molecule has 0 spiro atoms. The monoisotopic (exact) mass is 342 g/mol. The molecule has 0 atom stereocenters. The molecule has 0 saturated heterocycles. The molecule has 0 radical (unpaired) electrons. The van der Waals surface area contributed by atoms with Crippen molar-refractivity contribution in [1.82, 2.24) is 0 Å². The lowest BCUT2D eigenvalue weighted by atomic mass is 9.86. The summed E-state index contributed by atoms with van der Waals surface area (Å²) in [7, 11) is 1.62. The van der Waals surface area contributed by atoms with Gasteiger partial charge < -0.3 is 4.74 Å². The molecule has 0 aromatic heterocycles. The van der Waals surface area contributed by atoms with Crippen LogP contribution < -0.4 is 4.74 Å². The summed E-state index contributed by atoms with van der Waals surface area (Å²) in [6.45, 7) is 0. The Morgan fingerprint density at radius 3 is 2.57 bits per heavy atom. The van der Waals surface area contributed by atoms with E-state index in [-0.39, 0.29) is 5.78 Å². The number of ether oxygens (including phenoxy) is 1. The number of carbonyl (C=O) groups is 1. The first-order valence-corrected chi connectivity index (χ1v) is 7.64. The molecule has 2 nitrogen and oxygen atoms in total. The molecule has 0 aliphatic heterocycles. The molecule has 0 fully saturated rings. The van der Waals surface area contributed by atoms with Crippen LogP contribution in [0, 0.1) is 0 Å². The van der Waals surface area contributed by atoms with Crippen molar-refractivity contribution in [1.29, 1.82) is 0 Å². The Morgan fingerprint density at radius 1 is 1.10 bits per heavy atom. The zero-order valence-electron chi connectivity index (χ0n) is 11.7. The number of hydrogen-bond donors (Lipinski definition) is 0. The Morgan fingerprint density at radius 2 is 1.86 bits per heavy atom. The van der Waals surface area contributed by atoms with E-state index in [1.807, 2.05) is 48.5 Å². The molecule has 0 unspecified atom stereocenters. The SMILES string of the molecule is COc1ccc2c(c1)C(=O)/C(=C\c1ccc(Br)cc1)CC2. The van der Waals surface area contributed by atoms with Gasteiger partial charge in [-0.3, -0.25) is 4.79 Å². The number of fused-ring (bicyclic) bond motifs is 1. The number of ketones is 1.